The van der Waals surface area contributed by atoms with Gasteiger partial charge in [0.25, 0.3) is 0 Å². The molecule has 0 amide bonds. The molecule has 1 aromatic heterocycles. The van der Waals surface area contributed by atoms with Crippen LogP contribution in [0.4, 0.5) is 4.39 Å². The Balaban J connectivity index is 1.97. The van der Waals surface area contributed by atoms with Crippen LogP contribution in [0.3, 0.4) is 0 Å². The Labute approximate surface area is 185 Å². The van der Waals surface area contributed by atoms with Crippen molar-refractivity contribution in [2.75, 3.05) is 13.7 Å². The highest BCUT2D eigenvalue weighted by Gasteiger charge is 2.32. The number of sulfone groups is 1. The molecule has 0 aliphatic rings. The van der Waals surface area contributed by atoms with Gasteiger partial charge in [0.2, 0.25) is 10.0 Å². The van der Waals surface area contributed by atoms with Crippen LogP contribution in [0.5, 0.6) is 5.75 Å². The number of rotatable bonds is 8. The maximum absolute atomic E-state index is 13.4. The summed E-state index contributed by atoms with van der Waals surface area (Å²) in [6.07, 6.45) is 0. The zero-order chi connectivity index (χ0) is 22.8. The molecule has 0 unspecified atom stereocenters. The molecule has 2 aromatic carbocycles. The van der Waals surface area contributed by atoms with Gasteiger partial charge in [-0.05, 0) is 66.2 Å². The molecule has 1 heterocycles. The lowest BCUT2D eigenvalue weighted by Crippen LogP contribution is -2.32. The zero-order valence-corrected chi connectivity index (χ0v) is 19.6. The maximum atomic E-state index is 13.4. The fourth-order valence-electron chi connectivity index (χ4n) is 3.19. The van der Waals surface area contributed by atoms with Crippen LogP contribution in [0, 0.1) is 19.7 Å². The van der Waals surface area contributed by atoms with E-state index in [1.54, 1.807) is 31.4 Å². The predicted octanol–water partition coefficient (Wildman–Crippen LogP) is 4.01. The molecule has 0 aliphatic heterocycles. The average Bonchev–Trinajstić information content (AvgIpc) is 3.26. The van der Waals surface area contributed by atoms with E-state index >= 15 is 0 Å². The molecule has 0 saturated heterocycles. The first-order chi connectivity index (χ1) is 14.6. The third-order valence-electron chi connectivity index (χ3n) is 4.83. The van der Waals surface area contributed by atoms with Crippen molar-refractivity contribution in [1.82, 2.24) is 4.72 Å². The van der Waals surface area contributed by atoms with E-state index in [2.05, 4.69) is 4.72 Å². The summed E-state index contributed by atoms with van der Waals surface area (Å²) in [5.41, 5.74) is 1.39. The molecule has 3 rings (SSSR count). The minimum atomic E-state index is -4.02. The predicted molar refractivity (Wildman–Crippen MR) is 118 cm³/mol. The molecule has 0 aliphatic carbocycles. The van der Waals surface area contributed by atoms with E-state index in [1.807, 2.05) is 0 Å². The number of hydrogen-bond donors (Lipinski definition) is 1. The van der Waals surface area contributed by atoms with E-state index in [-0.39, 0.29) is 9.10 Å². The fraction of sp³-hybridized carbons (Fsp3) is 0.238. The summed E-state index contributed by atoms with van der Waals surface area (Å²) in [7, 11) is -6.43. The van der Waals surface area contributed by atoms with Gasteiger partial charge in [0.05, 0.1) is 12.0 Å². The number of ether oxygens (including phenoxy) is 1. The molecule has 3 aromatic rings. The fourth-order valence-corrected chi connectivity index (χ4v) is 7.51. The van der Waals surface area contributed by atoms with Gasteiger partial charge in [-0.25, -0.2) is 25.9 Å². The van der Waals surface area contributed by atoms with Gasteiger partial charge in [-0.15, -0.1) is 11.3 Å². The quantitative estimate of drug-likeness (QED) is 0.523. The van der Waals surface area contributed by atoms with E-state index in [1.165, 1.54) is 31.4 Å². The summed E-state index contributed by atoms with van der Waals surface area (Å²) < 4.78 is 73.6. The Morgan fingerprint density at radius 1 is 1.03 bits per heavy atom. The summed E-state index contributed by atoms with van der Waals surface area (Å²) in [5, 5.41) is 0.406. The van der Waals surface area contributed by atoms with Gasteiger partial charge in [-0.1, -0.05) is 18.2 Å². The molecule has 10 heteroatoms. The largest absolute Gasteiger partial charge is 0.496 e. The number of halogens is 1. The van der Waals surface area contributed by atoms with E-state index in [0.29, 0.717) is 22.4 Å². The van der Waals surface area contributed by atoms with Crippen LogP contribution in [-0.4, -0.2) is 30.5 Å². The van der Waals surface area contributed by atoms with Crippen LogP contribution in [-0.2, 0) is 19.9 Å². The molecular weight excluding hydrogens is 461 g/mol. The molecule has 0 spiro atoms. The van der Waals surface area contributed by atoms with Crippen LogP contribution >= 0.6 is 11.3 Å². The van der Waals surface area contributed by atoms with Crippen LogP contribution in [0.2, 0.25) is 0 Å². The normalized spacial score (nSPS) is 13.2. The molecule has 166 valence electrons. The number of benzene rings is 2. The van der Waals surface area contributed by atoms with Gasteiger partial charge >= 0.3 is 0 Å². The lowest BCUT2D eigenvalue weighted by atomic mass is 10.1. The first-order valence-corrected chi connectivity index (χ1v) is 13.1. The second kappa shape index (κ2) is 9.07. The van der Waals surface area contributed by atoms with Gasteiger partial charge in [-0.2, -0.15) is 0 Å². The maximum Gasteiger partial charge on any atom is 0.240 e. The van der Waals surface area contributed by atoms with Crippen molar-refractivity contribution in [2.45, 2.75) is 28.2 Å². The van der Waals surface area contributed by atoms with Crippen LogP contribution in [0.25, 0.3) is 0 Å². The summed E-state index contributed by atoms with van der Waals surface area (Å²) >= 11 is 1.04. The number of hydrogen-bond acceptors (Lipinski definition) is 6. The number of sulfonamides is 1. The van der Waals surface area contributed by atoms with Gasteiger partial charge in [0.15, 0.2) is 9.84 Å². The Bertz CT molecular complexity index is 1270. The highest BCUT2D eigenvalue weighted by Crippen LogP contribution is 2.32. The first kappa shape index (κ1) is 23.4. The number of methoxy groups -OCH3 is 1. The SMILES string of the molecule is COc1cc(C)c(S(=O)(=O)NC[C@@H](c2ccc(F)cc2)S(=O)(=O)c2cccs2)cc1C. The van der Waals surface area contributed by atoms with Crippen molar-refractivity contribution in [3.63, 3.8) is 0 Å². The van der Waals surface area contributed by atoms with E-state index in [0.717, 1.165) is 23.5 Å². The summed E-state index contributed by atoms with van der Waals surface area (Å²) in [4.78, 5) is 0.0391. The summed E-state index contributed by atoms with van der Waals surface area (Å²) in [5.74, 6) is 0.0434. The average molecular weight is 484 g/mol. The number of nitrogens with one attached hydrogen (secondary N) is 1. The Hall–Kier alpha value is -2.27. The molecule has 31 heavy (non-hydrogen) atoms. The van der Waals surface area contributed by atoms with Crippen LogP contribution in [0.15, 0.2) is 63.0 Å². The summed E-state index contributed by atoms with van der Waals surface area (Å²) in [6, 6.07) is 11.2. The number of aryl methyl sites for hydroxylation is 2. The molecule has 6 nitrogen and oxygen atoms in total. The molecule has 1 atom stereocenters. The first-order valence-electron chi connectivity index (χ1n) is 9.24. The van der Waals surface area contributed by atoms with Gasteiger partial charge < -0.3 is 4.74 Å². The molecule has 1 N–H and O–H groups in total. The monoisotopic (exact) mass is 483 g/mol. The topological polar surface area (TPSA) is 89.5 Å². The van der Waals surface area contributed by atoms with Crippen molar-refractivity contribution in [2.24, 2.45) is 0 Å². The minimum absolute atomic E-state index is 0.0391. The lowest BCUT2D eigenvalue weighted by Gasteiger charge is -2.19. The molecular formula is C21H22FNO5S3. The third-order valence-corrected chi connectivity index (χ3v) is 9.93. The van der Waals surface area contributed by atoms with Gasteiger partial charge in [-0.3, -0.25) is 0 Å². The Morgan fingerprint density at radius 3 is 2.29 bits per heavy atom. The highest BCUT2D eigenvalue weighted by molar-refractivity contribution is 7.93. The van der Waals surface area contributed by atoms with Crippen LogP contribution in [0.1, 0.15) is 21.9 Å². The smallest absolute Gasteiger partial charge is 0.240 e. The van der Waals surface area contributed by atoms with Crippen molar-refractivity contribution in [3.05, 3.63) is 76.4 Å². The van der Waals surface area contributed by atoms with E-state index in [4.69, 9.17) is 4.74 Å². The van der Waals surface area contributed by atoms with E-state index < -0.39 is 37.5 Å². The molecule has 0 radical (unpaired) electrons. The second-order valence-corrected chi connectivity index (χ2v) is 12.0. The molecule has 0 saturated carbocycles. The van der Waals surface area contributed by atoms with Gasteiger partial charge in [0.1, 0.15) is 21.0 Å². The standard InChI is InChI=1S/C21H22FNO5S3/c1-14-12-19(15(2)11-18(14)28-3)31(26,27)23-13-20(16-6-8-17(22)9-7-16)30(24,25)21-5-4-10-29-21/h4-12,20,23H,13H2,1-3H3/t20-/m0/s1. The minimum Gasteiger partial charge on any atom is -0.496 e. The van der Waals surface area contributed by atoms with Crippen molar-refractivity contribution in [1.29, 1.82) is 0 Å². The number of thiophene rings is 1. The van der Waals surface area contributed by atoms with Crippen LogP contribution < -0.4 is 9.46 Å². The van der Waals surface area contributed by atoms with Gasteiger partial charge in [0, 0.05) is 6.54 Å². The lowest BCUT2D eigenvalue weighted by molar-refractivity contribution is 0.411. The molecule has 0 bridgehead atoms. The second-order valence-electron chi connectivity index (χ2n) is 6.96. The third kappa shape index (κ3) is 4.98. The van der Waals surface area contributed by atoms with Crippen molar-refractivity contribution in [3.8, 4) is 5.75 Å². The Kier molecular flexibility index (Phi) is 6.85. The van der Waals surface area contributed by atoms with E-state index in [9.17, 15) is 21.2 Å². The molecule has 0 fully saturated rings. The summed E-state index contributed by atoms with van der Waals surface area (Å²) in [6.45, 7) is 2.95. The zero-order valence-electron chi connectivity index (χ0n) is 17.1. The Morgan fingerprint density at radius 2 is 1.71 bits per heavy atom. The highest BCUT2D eigenvalue weighted by atomic mass is 32.2. The van der Waals surface area contributed by atoms with Crippen molar-refractivity contribution < 1.29 is 26.0 Å². The van der Waals surface area contributed by atoms with Crippen molar-refractivity contribution >= 4 is 31.2 Å².